The highest BCUT2D eigenvalue weighted by atomic mass is 35.5. The lowest BCUT2D eigenvalue weighted by molar-refractivity contribution is 0.0724. The first-order valence-corrected chi connectivity index (χ1v) is 7.12. The number of carbonyl (C=O) groups excluding carboxylic acids is 1. The molecular weight excluding hydrogens is 292 g/mol. The Morgan fingerprint density at radius 2 is 2.29 bits per heavy atom. The highest BCUT2D eigenvalue weighted by Crippen LogP contribution is 2.33. The molecule has 110 valence electrons. The zero-order chi connectivity index (χ0) is 14.8. The first-order valence-electron chi connectivity index (χ1n) is 6.74. The van der Waals surface area contributed by atoms with E-state index in [2.05, 4.69) is 4.98 Å². The highest BCUT2D eigenvalue weighted by Gasteiger charge is 2.22. The number of aromatic nitrogens is 2. The number of imidazole rings is 1. The average Bonchev–Trinajstić information content (AvgIpc) is 3.18. The maximum absolute atomic E-state index is 12.0. The zero-order valence-electron chi connectivity index (χ0n) is 11.6. The van der Waals surface area contributed by atoms with Crippen molar-refractivity contribution in [3.63, 3.8) is 0 Å². The van der Waals surface area contributed by atoms with Crippen LogP contribution in [0.2, 0.25) is 5.02 Å². The summed E-state index contributed by atoms with van der Waals surface area (Å²) >= 11 is 6.14. The van der Waals surface area contributed by atoms with Crippen LogP contribution in [-0.4, -0.2) is 22.1 Å². The lowest BCUT2D eigenvalue weighted by atomic mass is 10.3. The van der Waals surface area contributed by atoms with Crippen LogP contribution in [0.1, 0.15) is 23.3 Å². The predicted molar refractivity (Wildman–Crippen MR) is 77.8 cm³/mol. The van der Waals surface area contributed by atoms with E-state index < -0.39 is 5.97 Å². The third-order valence-electron chi connectivity index (χ3n) is 3.31. The summed E-state index contributed by atoms with van der Waals surface area (Å²) in [6.45, 7) is 0.688. The molecule has 0 aliphatic heterocycles. The third-order valence-corrected chi connectivity index (χ3v) is 3.61. The van der Waals surface area contributed by atoms with E-state index in [4.69, 9.17) is 21.1 Å². The van der Waals surface area contributed by atoms with E-state index in [0.717, 1.165) is 0 Å². The number of rotatable bonds is 5. The largest absolute Gasteiger partial charge is 0.492 e. The lowest BCUT2D eigenvalue weighted by Crippen LogP contribution is -2.12. The molecule has 0 unspecified atom stereocenters. The lowest BCUT2D eigenvalue weighted by Gasteiger charge is -2.09. The van der Waals surface area contributed by atoms with Gasteiger partial charge < -0.3 is 14.0 Å². The van der Waals surface area contributed by atoms with E-state index in [9.17, 15) is 4.79 Å². The summed E-state index contributed by atoms with van der Waals surface area (Å²) in [5, 5.41) is 0.436. The summed E-state index contributed by atoms with van der Waals surface area (Å²) in [7, 11) is 1.73. The fourth-order valence-corrected chi connectivity index (χ4v) is 2.09. The number of benzene rings is 1. The summed E-state index contributed by atoms with van der Waals surface area (Å²) in [5.74, 6) is 1.18. The first kappa shape index (κ1) is 13.9. The number of hydrogen-bond acceptors (Lipinski definition) is 4. The van der Waals surface area contributed by atoms with Crippen molar-refractivity contribution < 1.29 is 14.3 Å². The Labute approximate surface area is 127 Å². The summed E-state index contributed by atoms with van der Waals surface area (Å²) in [6.07, 6.45) is 5.44. The molecule has 1 fully saturated rings. The number of carbonyl (C=O) groups is 1. The molecule has 0 spiro atoms. The molecule has 1 aromatic heterocycles. The summed E-state index contributed by atoms with van der Waals surface area (Å²) < 4.78 is 12.5. The second kappa shape index (κ2) is 5.77. The quantitative estimate of drug-likeness (QED) is 0.629. The first-order chi connectivity index (χ1) is 10.1. The van der Waals surface area contributed by atoms with Crippen molar-refractivity contribution in [2.45, 2.75) is 12.8 Å². The van der Waals surface area contributed by atoms with Gasteiger partial charge in [0.1, 0.15) is 17.2 Å². The van der Waals surface area contributed by atoms with Crippen molar-refractivity contribution in [3.05, 3.63) is 41.4 Å². The zero-order valence-corrected chi connectivity index (χ0v) is 12.3. The van der Waals surface area contributed by atoms with Crippen LogP contribution >= 0.6 is 11.6 Å². The molecule has 0 amide bonds. The van der Waals surface area contributed by atoms with Gasteiger partial charge in [-0.1, -0.05) is 11.6 Å². The standard InChI is InChI=1S/C15H15ClN2O3/c1-18-9-17-7-13(18)15(19)21-11-4-5-14(12(16)6-11)20-8-10-2-3-10/h4-7,9-10H,2-3,8H2,1H3. The molecule has 2 aromatic rings. The second-order valence-corrected chi connectivity index (χ2v) is 5.53. The number of halogens is 1. The molecule has 0 N–H and O–H groups in total. The topological polar surface area (TPSA) is 53.4 Å². The van der Waals surface area contributed by atoms with Crippen molar-refractivity contribution >= 4 is 17.6 Å². The van der Waals surface area contributed by atoms with Gasteiger partial charge in [-0.3, -0.25) is 0 Å². The van der Waals surface area contributed by atoms with Crippen molar-refractivity contribution in [2.24, 2.45) is 13.0 Å². The number of nitrogens with zero attached hydrogens (tertiary/aromatic N) is 2. The van der Waals surface area contributed by atoms with Crippen LogP contribution < -0.4 is 9.47 Å². The molecule has 21 heavy (non-hydrogen) atoms. The Hall–Kier alpha value is -2.01. The maximum Gasteiger partial charge on any atom is 0.362 e. The minimum atomic E-state index is -0.474. The smallest absolute Gasteiger partial charge is 0.362 e. The number of hydrogen-bond donors (Lipinski definition) is 0. The third kappa shape index (κ3) is 3.36. The van der Waals surface area contributed by atoms with Gasteiger partial charge >= 0.3 is 5.97 Å². The molecule has 1 aliphatic rings. The van der Waals surface area contributed by atoms with Gasteiger partial charge in [-0.2, -0.15) is 0 Å². The van der Waals surface area contributed by atoms with Crippen LogP contribution in [-0.2, 0) is 7.05 Å². The van der Waals surface area contributed by atoms with Gasteiger partial charge in [-0.15, -0.1) is 0 Å². The average molecular weight is 307 g/mol. The minimum Gasteiger partial charge on any atom is -0.492 e. The van der Waals surface area contributed by atoms with Crippen molar-refractivity contribution in [1.29, 1.82) is 0 Å². The van der Waals surface area contributed by atoms with Gasteiger partial charge in [0.15, 0.2) is 0 Å². The van der Waals surface area contributed by atoms with Gasteiger partial charge in [0.2, 0.25) is 0 Å². The molecule has 1 heterocycles. The van der Waals surface area contributed by atoms with Gasteiger partial charge in [0.25, 0.3) is 0 Å². The normalized spacial score (nSPS) is 14.0. The van der Waals surface area contributed by atoms with Crippen molar-refractivity contribution in [3.8, 4) is 11.5 Å². The van der Waals surface area contributed by atoms with E-state index in [0.29, 0.717) is 34.7 Å². The van der Waals surface area contributed by atoms with Crippen LogP contribution in [0.15, 0.2) is 30.7 Å². The predicted octanol–water partition coefficient (Wildman–Crippen LogP) is 3.08. The molecule has 0 atom stereocenters. The Morgan fingerprint density at radius 3 is 2.90 bits per heavy atom. The summed E-state index contributed by atoms with van der Waals surface area (Å²) in [6, 6.07) is 4.97. The van der Waals surface area contributed by atoms with Gasteiger partial charge in [0, 0.05) is 13.1 Å². The Morgan fingerprint density at radius 1 is 1.48 bits per heavy atom. The van der Waals surface area contributed by atoms with Crippen molar-refractivity contribution in [2.75, 3.05) is 6.61 Å². The number of ether oxygens (including phenoxy) is 2. The Kier molecular flexibility index (Phi) is 3.84. The van der Waals surface area contributed by atoms with E-state index in [1.54, 1.807) is 36.1 Å². The Balaban J connectivity index is 1.66. The van der Waals surface area contributed by atoms with Crippen LogP contribution in [0.5, 0.6) is 11.5 Å². The molecular formula is C15H15ClN2O3. The SMILES string of the molecule is Cn1cncc1C(=O)Oc1ccc(OCC2CC2)c(Cl)c1. The number of aryl methyl sites for hydroxylation is 1. The maximum atomic E-state index is 12.0. The summed E-state index contributed by atoms with van der Waals surface area (Å²) in [5.41, 5.74) is 0.375. The molecule has 3 rings (SSSR count). The highest BCUT2D eigenvalue weighted by molar-refractivity contribution is 6.32. The van der Waals surface area contributed by atoms with Crippen LogP contribution in [0.25, 0.3) is 0 Å². The monoisotopic (exact) mass is 306 g/mol. The van der Waals surface area contributed by atoms with E-state index in [-0.39, 0.29) is 0 Å². The van der Waals surface area contributed by atoms with Crippen LogP contribution in [0.4, 0.5) is 0 Å². The molecule has 1 aliphatic carbocycles. The van der Waals surface area contributed by atoms with Gasteiger partial charge in [-0.25, -0.2) is 9.78 Å². The molecule has 6 heteroatoms. The summed E-state index contributed by atoms with van der Waals surface area (Å²) in [4.78, 5) is 15.8. The van der Waals surface area contributed by atoms with Gasteiger partial charge in [0.05, 0.1) is 24.2 Å². The molecule has 0 bridgehead atoms. The molecule has 0 saturated heterocycles. The number of esters is 1. The second-order valence-electron chi connectivity index (χ2n) is 5.13. The minimum absolute atomic E-state index is 0.375. The van der Waals surface area contributed by atoms with E-state index in [1.165, 1.54) is 19.0 Å². The fourth-order valence-electron chi connectivity index (χ4n) is 1.87. The van der Waals surface area contributed by atoms with Crippen LogP contribution in [0.3, 0.4) is 0 Å². The molecule has 1 aromatic carbocycles. The molecule has 5 nitrogen and oxygen atoms in total. The molecule has 0 radical (unpaired) electrons. The Bertz CT molecular complexity index is 665. The van der Waals surface area contributed by atoms with Crippen molar-refractivity contribution in [1.82, 2.24) is 9.55 Å². The van der Waals surface area contributed by atoms with E-state index >= 15 is 0 Å². The fraction of sp³-hybridized carbons (Fsp3) is 0.333. The van der Waals surface area contributed by atoms with E-state index in [1.807, 2.05) is 0 Å². The van der Waals surface area contributed by atoms with Gasteiger partial charge in [-0.05, 0) is 30.9 Å². The molecule has 1 saturated carbocycles. The van der Waals surface area contributed by atoms with Crippen LogP contribution in [0, 0.1) is 5.92 Å².